The van der Waals surface area contributed by atoms with Crippen LogP contribution in [0, 0.1) is 0 Å². The van der Waals surface area contributed by atoms with Crippen LogP contribution in [0.1, 0.15) is 26.2 Å². The Morgan fingerprint density at radius 2 is 2.15 bits per heavy atom. The van der Waals surface area contributed by atoms with Gasteiger partial charge in [0.1, 0.15) is 4.90 Å². The molecule has 1 aliphatic rings. The molecule has 0 aromatic heterocycles. The molecule has 0 aliphatic carbocycles. The first-order valence-electron chi connectivity index (χ1n) is 7.07. The molecule has 112 valence electrons. The fourth-order valence-corrected chi connectivity index (χ4v) is 4.71. The van der Waals surface area contributed by atoms with E-state index in [9.17, 15) is 8.42 Å². The van der Waals surface area contributed by atoms with Crippen molar-refractivity contribution in [2.75, 3.05) is 24.2 Å². The minimum Gasteiger partial charge on any atom is -0.383 e. The first kappa shape index (κ1) is 15.7. The van der Waals surface area contributed by atoms with Crippen LogP contribution in [0.5, 0.6) is 0 Å². The molecule has 1 heterocycles. The van der Waals surface area contributed by atoms with Gasteiger partial charge >= 0.3 is 0 Å². The van der Waals surface area contributed by atoms with Crippen LogP contribution < -0.4 is 10.0 Å². The molecule has 2 N–H and O–H groups in total. The number of thioether (sulfide) groups is 1. The second kappa shape index (κ2) is 7.33. The normalized spacial score (nSPS) is 19.1. The van der Waals surface area contributed by atoms with Gasteiger partial charge in [0.15, 0.2) is 0 Å². The number of benzene rings is 1. The molecule has 20 heavy (non-hydrogen) atoms. The summed E-state index contributed by atoms with van der Waals surface area (Å²) < 4.78 is 27.1. The summed E-state index contributed by atoms with van der Waals surface area (Å²) in [5.74, 6) is 1.21. The molecule has 1 atom stereocenters. The van der Waals surface area contributed by atoms with Gasteiger partial charge in [0.25, 0.3) is 0 Å². The molecule has 1 aliphatic heterocycles. The van der Waals surface area contributed by atoms with Crippen LogP contribution in [-0.2, 0) is 10.0 Å². The lowest BCUT2D eigenvalue weighted by molar-refractivity contribution is 0.581. The molecule has 1 saturated heterocycles. The number of hydrogen-bond donors (Lipinski definition) is 2. The highest BCUT2D eigenvalue weighted by molar-refractivity contribution is 8.00. The van der Waals surface area contributed by atoms with Gasteiger partial charge in [-0.25, -0.2) is 13.1 Å². The molecular formula is C14H22N2O2S2. The fraction of sp³-hybridized carbons (Fsp3) is 0.571. The van der Waals surface area contributed by atoms with Crippen molar-refractivity contribution in [1.82, 2.24) is 4.72 Å². The van der Waals surface area contributed by atoms with Crippen molar-refractivity contribution in [3.8, 4) is 0 Å². The Morgan fingerprint density at radius 3 is 2.85 bits per heavy atom. The maximum atomic E-state index is 12.3. The van der Waals surface area contributed by atoms with Gasteiger partial charge in [0.05, 0.1) is 5.69 Å². The van der Waals surface area contributed by atoms with E-state index in [0.717, 1.165) is 13.0 Å². The van der Waals surface area contributed by atoms with Crippen LogP contribution in [-0.4, -0.2) is 32.5 Å². The third kappa shape index (κ3) is 4.14. The Balaban J connectivity index is 2.08. The largest absolute Gasteiger partial charge is 0.383 e. The zero-order valence-corrected chi connectivity index (χ0v) is 13.4. The van der Waals surface area contributed by atoms with E-state index in [0.29, 0.717) is 22.4 Å². The summed E-state index contributed by atoms with van der Waals surface area (Å²) in [6.07, 6.45) is 3.25. The van der Waals surface area contributed by atoms with Crippen LogP contribution in [0.3, 0.4) is 0 Å². The minimum absolute atomic E-state index is 0.344. The van der Waals surface area contributed by atoms with Crippen molar-refractivity contribution in [3.05, 3.63) is 24.3 Å². The number of sulfonamides is 1. The number of rotatable bonds is 7. The molecule has 0 amide bonds. The average molecular weight is 314 g/mol. The monoisotopic (exact) mass is 314 g/mol. The number of nitrogens with one attached hydrogen (secondary N) is 2. The Hall–Kier alpha value is -0.720. The van der Waals surface area contributed by atoms with Gasteiger partial charge in [-0.05, 0) is 37.1 Å². The Kier molecular flexibility index (Phi) is 5.74. The summed E-state index contributed by atoms with van der Waals surface area (Å²) in [5, 5.41) is 3.89. The van der Waals surface area contributed by atoms with E-state index in [1.54, 1.807) is 12.1 Å². The topological polar surface area (TPSA) is 58.2 Å². The van der Waals surface area contributed by atoms with Crippen LogP contribution in [0.15, 0.2) is 29.2 Å². The van der Waals surface area contributed by atoms with Gasteiger partial charge in [-0.2, -0.15) is 11.8 Å². The predicted octanol–water partition coefficient (Wildman–Crippen LogP) is 2.68. The second-order valence-corrected chi connectivity index (χ2v) is 8.05. The van der Waals surface area contributed by atoms with Gasteiger partial charge in [0, 0.05) is 18.3 Å². The molecule has 6 heteroatoms. The van der Waals surface area contributed by atoms with Crippen molar-refractivity contribution in [1.29, 1.82) is 0 Å². The van der Waals surface area contributed by atoms with Crippen molar-refractivity contribution < 1.29 is 8.42 Å². The molecule has 2 rings (SSSR count). The standard InChI is InChI=1S/C14H22N2O2S2/c1-2-9-16-20(17,18)14-8-4-3-7-13(14)15-11-12-6-5-10-19-12/h3-4,7-8,12,15-16H,2,5-6,9-11H2,1H3. The highest BCUT2D eigenvalue weighted by Gasteiger charge is 2.19. The van der Waals surface area contributed by atoms with E-state index in [1.165, 1.54) is 18.6 Å². The second-order valence-electron chi connectivity index (χ2n) is 4.91. The maximum Gasteiger partial charge on any atom is 0.242 e. The molecule has 0 saturated carbocycles. The van der Waals surface area contributed by atoms with Crippen LogP contribution in [0.4, 0.5) is 5.69 Å². The lowest BCUT2D eigenvalue weighted by Gasteiger charge is -2.15. The highest BCUT2D eigenvalue weighted by atomic mass is 32.2. The molecule has 0 bridgehead atoms. The van der Waals surface area contributed by atoms with Crippen LogP contribution in [0.2, 0.25) is 0 Å². The highest BCUT2D eigenvalue weighted by Crippen LogP contribution is 2.27. The smallest absolute Gasteiger partial charge is 0.242 e. The van der Waals surface area contributed by atoms with E-state index in [-0.39, 0.29) is 0 Å². The summed E-state index contributed by atoms with van der Waals surface area (Å²) in [6, 6.07) is 7.11. The van der Waals surface area contributed by atoms with Gasteiger partial charge < -0.3 is 5.32 Å². The lowest BCUT2D eigenvalue weighted by atomic mass is 10.2. The predicted molar refractivity (Wildman–Crippen MR) is 85.9 cm³/mol. The lowest BCUT2D eigenvalue weighted by Crippen LogP contribution is -2.26. The van der Waals surface area contributed by atoms with E-state index in [2.05, 4.69) is 10.0 Å². The fourth-order valence-electron chi connectivity index (χ4n) is 2.19. The SMILES string of the molecule is CCCNS(=O)(=O)c1ccccc1NCC1CCCS1. The van der Waals surface area contributed by atoms with E-state index in [1.807, 2.05) is 30.8 Å². The minimum atomic E-state index is -3.42. The zero-order valence-electron chi connectivity index (χ0n) is 11.8. The van der Waals surface area contributed by atoms with E-state index in [4.69, 9.17) is 0 Å². The first-order valence-corrected chi connectivity index (χ1v) is 9.61. The van der Waals surface area contributed by atoms with Crippen molar-refractivity contribution in [2.45, 2.75) is 36.3 Å². The van der Waals surface area contributed by atoms with Gasteiger partial charge in [-0.3, -0.25) is 0 Å². The van der Waals surface area contributed by atoms with E-state index < -0.39 is 10.0 Å². The summed E-state index contributed by atoms with van der Waals surface area (Å²) >= 11 is 1.96. The molecule has 0 spiro atoms. The van der Waals surface area contributed by atoms with Gasteiger partial charge in [0.2, 0.25) is 10.0 Å². The number of anilines is 1. The number of hydrogen-bond acceptors (Lipinski definition) is 4. The van der Waals surface area contributed by atoms with Crippen LogP contribution in [0.25, 0.3) is 0 Å². The Bertz CT molecular complexity index is 526. The summed E-state index contributed by atoms with van der Waals surface area (Å²) in [5.41, 5.74) is 0.698. The Labute approximate surface area is 125 Å². The summed E-state index contributed by atoms with van der Waals surface area (Å²) in [4.78, 5) is 0.344. The number of para-hydroxylation sites is 1. The van der Waals surface area contributed by atoms with Gasteiger partial charge in [-0.15, -0.1) is 0 Å². The maximum absolute atomic E-state index is 12.3. The van der Waals surface area contributed by atoms with Gasteiger partial charge in [-0.1, -0.05) is 19.1 Å². The first-order chi connectivity index (χ1) is 9.63. The van der Waals surface area contributed by atoms with E-state index >= 15 is 0 Å². The Morgan fingerprint density at radius 1 is 1.35 bits per heavy atom. The molecular weight excluding hydrogens is 292 g/mol. The average Bonchev–Trinajstić information content (AvgIpc) is 2.96. The third-order valence-corrected chi connectivity index (χ3v) is 6.18. The molecule has 1 aromatic carbocycles. The summed E-state index contributed by atoms with van der Waals surface area (Å²) in [6.45, 7) is 3.24. The molecule has 4 nitrogen and oxygen atoms in total. The van der Waals surface area contributed by atoms with Crippen molar-refractivity contribution in [3.63, 3.8) is 0 Å². The van der Waals surface area contributed by atoms with Crippen molar-refractivity contribution in [2.24, 2.45) is 0 Å². The summed E-state index contributed by atoms with van der Waals surface area (Å²) in [7, 11) is -3.42. The molecule has 0 radical (unpaired) electrons. The molecule has 1 fully saturated rings. The van der Waals surface area contributed by atoms with Crippen LogP contribution >= 0.6 is 11.8 Å². The zero-order chi connectivity index (χ0) is 14.4. The quantitative estimate of drug-likeness (QED) is 0.812. The third-order valence-electron chi connectivity index (χ3n) is 3.26. The van der Waals surface area contributed by atoms with Crippen molar-refractivity contribution >= 4 is 27.5 Å². The molecule has 1 aromatic rings. The molecule has 1 unspecified atom stereocenters.